The van der Waals surface area contributed by atoms with Crippen molar-refractivity contribution in [3.8, 4) is 11.1 Å². The Morgan fingerprint density at radius 1 is 0.955 bits per heavy atom. The maximum Gasteiger partial charge on any atom is 0.417 e. The van der Waals surface area contributed by atoms with E-state index < -0.39 is 27.9 Å². The minimum Gasteiger partial charge on any atom is -0.258 e. The summed E-state index contributed by atoms with van der Waals surface area (Å²) in [5, 5.41) is 10.5. The maximum absolute atomic E-state index is 13.1. The lowest BCUT2D eigenvalue weighted by molar-refractivity contribution is -0.384. The molecule has 0 atom stereocenters. The molecule has 22 heavy (non-hydrogen) atoms. The Morgan fingerprint density at radius 2 is 1.59 bits per heavy atom. The van der Waals surface area contributed by atoms with E-state index in [1.165, 1.54) is 12.1 Å². The first kappa shape index (κ1) is 16.9. The van der Waals surface area contributed by atoms with Gasteiger partial charge in [-0.2, -0.15) is 13.2 Å². The standard InChI is InChI=1S/C13H5Cl3F3NO2/c14-10-4-2-7(11(15)12(10)16)8-5-6(20(21)22)1-3-9(8)13(17,18)19/h1-5H. The summed E-state index contributed by atoms with van der Waals surface area (Å²) in [7, 11) is 0. The van der Waals surface area contributed by atoms with Gasteiger partial charge in [-0.25, -0.2) is 0 Å². The predicted molar refractivity (Wildman–Crippen MR) is 78.6 cm³/mol. The predicted octanol–water partition coefficient (Wildman–Crippen LogP) is 6.24. The van der Waals surface area contributed by atoms with Crippen LogP contribution in [0, 0.1) is 10.1 Å². The quantitative estimate of drug-likeness (QED) is 0.357. The minimum absolute atomic E-state index is 0.0643. The number of non-ortho nitro benzene ring substituents is 1. The van der Waals surface area contributed by atoms with Crippen molar-refractivity contribution in [1.82, 2.24) is 0 Å². The van der Waals surface area contributed by atoms with Gasteiger partial charge in [0.25, 0.3) is 5.69 Å². The zero-order valence-corrected chi connectivity index (χ0v) is 12.7. The first-order valence-electron chi connectivity index (χ1n) is 5.62. The Morgan fingerprint density at radius 3 is 2.14 bits per heavy atom. The van der Waals surface area contributed by atoms with Gasteiger partial charge in [0, 0.05) is 23.3 Å². The Balaban J connectivity index is 2.80. The highest BCUT2D eigenvalue weighted by atomic mass is 35.5. The molecular formula is C13H5Cl3F3NO2. The summed E-state index contributed by atoms with van der Waals surface area (Å²) in [4.78, 5) is 10.00. The Bertz CT molecular complexity index is 763. The molecule has 0 saturated carbocycles. The summed E-state index contributed by atoms with van der Waals surface area (Å²) in [5.41, 5.74) is -2.08. The van der Waals surface area contributed by atoms with Crippen molar-refractivity contribution in [2.24, 2.45) is 0 Å². The summed E-state index contributed by atoms with van der Waals surface area (Å²) >= 11 is 17.5. The SMILES string of the molecule is O=[N+]([O-])c1ccc(C(F)(F)F)c(-c2ccc(Cl)c(Cl)c2Cl)c1. The van der Waals surface area contributed by atoms with Crippen molar-refractivity contribution >= 4 is 40.5 Å². The number of alkyl halides is 3. The Kier molecular flexibility index (Phi) is 4.56. The number of halogens is 6. The molecular weight excluding hydrogens is 366 g/mol. The van der Waals surface area contributed by atoms with Crippen LogP contribution in [0.4, 0.5) is 18.9 Å². The van der Waals surface area contributed by atoms with Crippen LogP contribution in [-0.2, 0) is 6.18 Å². The lowest BCUT2D eigenvalue weighted by atomic mass is 9.98. The first-order valence-corrected chi connectivity index (χ1v) is 6.76. The molecule has 0 bridgehead atoms. The average Bonchev–Trinajstić information content (AvgIpc) is 2.43. The van der Waals surface area contributed by atoms with E-state index in [0.29, 0.717) is 6.07 Å². The topological polar surface area (TPSA) is 43.1 Å². The molecule has 116 valence electrons. The van der Waals surface area contributed by atoms with Gasteiger partial charge in [-0.05, 0) is 12.1 Å². The van der Waals surface area contributed by atoms with Crippen molar-refractivity contribution in [3.63, 3.8) is 0 Å². The molecule has 0 fully saturated rings. The fourth-order valence-electron chi connectivity index (χ4n) is 1.85. The molecule has 0 saturated heterocycles. The molecule has 0 radical (unpaired) electrons. The van der Waals surface area contributed by atoms with Crippen LogP contribution < -0.4 is 0 Å². The van der Waals surface area contributed by atoms with Crippen LogP contribution in [0.3, 0.4) is 0 Å². The molecule has 0 aliphatic rings. The van der Waals surface area contributed by atoms with Crippen LogP contribution in [0.15, 0.2) is 30.3 Å². The fraction of sp³-hybridized carbons (Fsp3) is 0.0769. The van der Waals surface area contributed by atoms with E-state index in [4.69, 9.17) is 34.8 Å². The fourth-order valence-corrected chi connectivity index (χ4v) is 2.49. The number of nitro benzene ring substituents is 1. The Labute approximate surface area is 137 Å². The van der Waals surface area contributed by atoms with Crippen LogP contribution in [0.2, 0.25) is 15.1 Å². The lowest BCUT2D eigenvalue weighted by Crippen LogP contribution is -2.08. The molecule has 0 spiro atoms. The van der Waals surface area contributed by atoms with Crippen molar-refractivity contribution < 1.29 is 18.1 Å². The zero-order chi connectivity index (χ0) is 16.7. The van der Waals surface area contributed by atoms with Gasteiger partial charge in [0.05, 0.1) is 25.6 Å². The highest BCUT2D eigenvalue weighted by Gasteiger charge is 2.35. The molecule has 2 aromatic carbocycles. The van der Waals surface area contributed by atoms with Gasteiger partial charge in [-0.3, -0.25) is 10.1 Å². The first-order chi connectivity index (χ1) is 10.1. The van der Waals surface area contributed by atoms with E-state index in [1.807, 2.05) is 0 Å². The number of hydrogen-bond donors (Lipinski definition) is 0. The molecule has 0 heterocycles. The average molecular weight is 371 g/mol. The molecule has 2 rings (SSSR count). The van der Waals surface area contributed by atoms with Gasteiger partial charge < -0.3 is 0 Å². The van der Waals surface area contributed by atoms with E-state index in [2.05, 4.69) is 0 Å². The summed E-state index contributed by atoms with van der Waals surface area (Å²) in [5.74, 6) is 0. The zero-order valence-electron chi connectivity index (χ0n) is 10.4. The molecule has 0 N–H and O–H groups in total. The minimum atomic E-state index is -4.71. The third kappa shape index (κ3) is 3.14. The summed E-state index contributed by atoms with van der Waals surface area (Å²) in [6.45, 7) is 0. The van der Waals surface area contributed by atoms with Gasteiger partial charge >= 0.3 is 6.18 Å². The van der Waals surface area contributed by atoms with Crippen LogP contribution in [0.5, 0.6) is 0 Å². The molecule has 0 aromatic heterocycles. The van der Waals surface area contributed by atoms with Gasteiger partial charge in [-0.15, -0.1) is 0 Å². The number of rotatable bonds is 2. The molecule has 0 aliphatic heterocycles. The lowest BCUT2D eigenvalue weighted by Gasteiger charge is -2.14. The number of nitro groups is 1. The van der Waals surface area contributed by atoms with E-state index >= 15 is 0 Å². The smallest absolute Gasteiger partial charge is 0.258 e. The van der Waals surface area contributed by atoms with E-state index in [-0.39, 0.29) is 20.6 Å². The molecule has 0 aliphatic carbocycles. The number of hydrogen-bond acceptors (Lipinski definition) is 2. The summed E-state index contributed by atoms with van der Waals surface area (Å²) in [6, 6.07) is 4.70. The maximum atomic E-state index is 13.1. The number of benzene rings is 2. The van der Waals surface area contributed by atoms with E-state index in [9.17, 15) is 23.3 Å². The molecule has 9 heteroatoms. The largest absolute Gasteiger partial charge is 0.417 e. The van der Waals surface area contributed by atoms with Crippen molar-refractivity contribution in [1.29, 1.82) is 0 Å². The monoisotopic (exact) mass is 369 g/mol. The van der Waals surface area contributed by atoms with Gasteiger partial charge in [0.15, 0.2) is 0 Å². The van der Waals surface area contributed by atoms with Crippen LogP contribution in [0.25, 0.3) is 11.1 Å². The van der Waals surface area contributed by atoms with Crippen molar-refractivity contribution in [3.05, 3.63) is 61.1 Å². The summed E-state index contributed by atoms with van der Waals surface area (Å²) < 4.78 is 39.3. The second-order valence-electron chi connectivity index (χ2n) is 4.21. The molecule has 2 aromatic rings. The second kappa shape index (κ2) is 5.95. The second-order valence-corrected chi connectivity index (χ2v) is 5.37. The molecule has 0 amide bonds. The van der Waals surface area contributed by atoms with Crippen LogP contribution >= 0.6 is 34.8 Å². The number of nitrogens with zero attached hydrogens (tertiary/aromatic N) is 1. The van der Waals surface area contributed by atoms with Crippen molar-refractivity contribution in [2.45, 2.75) is 6.18 Å². The third-order valence-electron chi connectivity index (χ3n) is 2.84. The molecule has 3 nitrogen and oxygen atoms in total. The third-order valence-corrected chi connectivity index (χ3v) is 4.14. The van der Waals surface area contributed by atoms with Gasteiger partial charge in [0.1, 0.15) is 0 Å². The van der Waals surface area contributed by atoms with E-state index in [1.54, 1.807) is 0 Å². The van der Waals surface area contributed by atoms with Gasteiger partial charge in [0.2, 0.25) is 0 Å². The normalized spacial score (nSPS) is 11.5. The van der Waals surface area contributed by atoms with Crippen molar-refractivity contribution in [2.75, 3.05) is 0 Å². The summed E-state index contributed by atoms with van der Waals surface area (Å²) in [6.07, 6.45) is -4.71. The van der Waals surface area contributed by atoms with E-state index in [0.717, 1.165) is 12.1 Å². The highest BCUT2D eigenvalue weighted by Crippen LogP contribution is 2.44. The van der Waals surface area contributed by atoms with Gasteiger partial charge in [-0.1, -0.05) is 40.9 Å². The molecule has 0 unspecified atom stereocenters. The highest BCUT2D eigenvalue weighted by molar-refractivity contribution is 6.49. The van der Waals surface area contributed by atoms with Crippen LogP contribution in [0.1, 0.15) is 5.56 Å². The Hall–Kier alpha value is -1.50. The van der Waals surface area contributed by atoms with Crippen LogP contribution in [-0.4, -0.2) is 4.92 Å².